The summed E-state index contributed by atoms with van der Waals surface area (Å²) in [5.41, 5.74) is 2.63. The van der Waals surface area contributed by atoms with Crippen molar-refractivity contribution in [2.45, 2.75) is 30.4 Å². The number of aryl methyl sites for hydroxylation is 2. The van der Waals surface area contributed by atoms with Crippen molar-refractivity contribution in [3.63, 3.8) is 0 Å². The second kappa shape index (κ2) is 5.54. The number of nitrogens with zero attached hydrogens (tertiary/aromatic N) is 3. The molecule has 0 fully saturated rings. The molecule has 18 heavy (non-hydrogen) atoms. The van der Waals surface area contributed by atoms with Crippen LogP contribution in [0.15, 0.2) is 28.3 Å². The zero-order chi connectivity index (χ0) is 13.1. The fraction of sp³-hybridized carbons (Fsp3) is 0.385. The number of aromatic nitrogens is 3. The fourth-order valence-electron chi connectivity index (χ4n) is 1.70. The second-order valence-electron chi connectivity index (χ2n) is 4.31. The summed E-state index contributed by atoms with van der Waals surface area (Å²) < 4.78 is 2.00. The Labute approximate surface area is 112 Å². The largest absolute Gasteiger partial charge is 0.316 e. The predicted octanol–water partition coefficient (Wildman–Crippen LogP) is 2.30. The number of rotatable bonds is 4. The molecule has 0 bridgehead atoms. The molecule has 2 aromatic rings. The lowest BCUT2D eigenvalue weighted by Gasteiger charge is -2.07. The molecule has 1 N–H and O–H groups in total. The first kappa shape index (κ1) is 13.1. The minimum Gasteiger partial charge on any atom is -0.316 e. The van der Waals surface area contributed by atoms with Crippen LogP contribution in [0, 0.1) is 13.8 Å². The lowest BCUT2D eigenvalue weighted by molar-refractivity contribution is 0.765. The van der Waals surface area contributed by atoms with Crippen molar-refractivity contribution in [3.05, 3.63) is 35.2 Å². The SMILES string of the molecule is CNCc1ccc(Sc2nnc(C)n2C)cc1C. The minimum absolute atomic E-state index is 0.903. The van der Waals surface area contributed by atoms with Crippen molar-refractivity contribution in [2.24, 2.45) is 7.05 Å². The van der Waals surface area contributed by atoms with Gasteiger partial charge in [-0.3, -0.25) is 0 Å². The van der Waals surface area contributed by atoms with E-state index in [1.54, 1.807) is 11.8 Å². The summed E-state index contributed by atoms with van der Waals surface area (Å²) in [4.78, 5) is 1.20. The zero-order valence-corrected chi connectivity index (χ0v) is 12.0. The molecular formula is C13H18N4S. The number of hydrogen-bond acceptors (Lipinski definition) is 4. The molecule has 0 saturated heterocycles. The van der Waals surface area contributed by atoms with Gasteiger partial charge in [0.1, 0.15) is 5.82 Å². The third-order valence-electron chi connectivity index (χ3n) is 2.94. The Kier molecular flexibility index (Phi) is 4.04. The van der Waals surface area contributed by atoms with E-state index in [0.29, 0.717) is 0 Å². The summed E-state index contributed by atoms with van der Waals surface area (Å²) in [7, 11) is 3.95. The molecule has 0 aliphatic heterocycles. The molecule has 0 amide bonds. The average Bonchev–Trinajstić information content (AvgIpc) is 2.65. The Balaban J connectivity index is 2.20. The lowest BCUT2D eigenvalue weighted by Crippen LogP contribution is -2.06. The van der Waals surface area contributed by atoms with Gasteiger partial charge in [0.05, 0.1) is 0 Å². The summed E-state index contributed by atoms with van der Waals surface area (Å²) >= 11 is 1.64. The highest BCUT2D eigenvalue weighted by molar-refractivity contribution is 7.99. The number of hydrogen-bond donors (Lipinski definition) is 1. The van der Waals surface area contributed by atoms with Crippen LogP contribution in [0.5, 0.6) is 0 Å². The van der Waals surface area contributed by atoms with Crippen molar-refractivity contribution < 1.29 is 0 Å². The standard InChI is InChI=1S/C13H18N4S/c1-9-7-12(6-5-11(9)8-14-3)18-13-16-15-10(2)17(13)4/h5-7,14H,8H2,1-4H3. The Morgan fingerprint density at radius 1 is 1.28 bits per heavy atom. The van der Waals surface area contributed by atoms with Gasteiger partial charge in [-0.25, -0.2) is 0 Å². The Morgan fingerprint density at radius 3 is 2.61 bits per heavy atom. The molecule has 96 valence electrons. The third-order valence-corrected chi connectivity index (χ3v) is 3.97. The van der Waals surface area contributed by atoms with Crippen LogP contribution in [0.3, 0.4) is 0 Å². The van der Waals surface area contributed by atoms with Crippen molar-refractivity contribution in [1.29, 1.82) is 0 Å². The molecule has 1 aromatic heterocycles. The van der Waals surface area contributed by atoms with Gasteiger partial charge in [-0.15, -0.1) is 10.2 Å². The summed E-state index contributed by atoms with van der Waals surface area (Å²) in [5.74, 6) is 0.932. The van der Waals surface area contributed by atoms with E-state index in [1.807, 2.05) is 25.6 Å². The molecule has 4 nitrogen and oxygen atoms in total. The van der Waals surface area contributed by atoms with E-state index in [-0.39, 0.29) is 0 Å². The van der Waals surface area contributed by atoms with Gasteiger partial charge < -0.3 is 9.88 Å². The summed E-state index contributed by atoms with van der Waals surface area (Å²) in [6.07, 6.45) is 0. The highest BCUT2D eigenvalue weighted by Gasteiger charge is 2.07. The molecule has 0 unspecified atom stereocenters. The van der Waals surface area contributed by atoms with E-state index >= 15 is 0 Å². The monoisotopic (exact) mass is 262 g/mol. The smallest absolute Gasteiger partial charge is 0.195 e. The predicted molar refractivity (Wildman–Crippen MR) is 73.8 cm³/mol. The molecule has 0 spiro atoms. The summed E-state index contributed by atoms with van der Waals surface area (Å²) in [6.45, 7) is 5.00. The summed E-state index contributed by atoms with van der Waals surface area (Å²) in [5, 5.41) is 12.3. The molecule has 0 saturated carbocycles. The van der Waals surface area contributed by atoms with Gasteiger partial charge in [0.2, 0.25) is 0 Å². The fourth-order valence-corrected chi connectivity index (χ4v) is 2.64. The van der Waals surface area contributed by atoms with Gasteiger partial charge in [0.25, 0.3) is 0 Å². The third kappa shape index (κ3) is 2.73. The van der Waals surface area contributed by atoms with E-state index in [9.17, 15) is 0 Å². The first-order valence-corrected chi connectivity index (χ1v) is 6.71. The van der Waals surface area contributed by atoms with Crippen LogP contribution in [0.2, 0.25) is 0 Å². The molecule has 0 aliphatic rings. The normalized spacial score (nSPS) is 10.9. The Morgan fingerprint density at radius 2 is 2.06 bits per heavy atom. The van der Waals surface area contributed by atoms with E-state index in [2.05, 4.69) is 40.6 Å². The van der Waals surface area contributed by atoms with Crippen LogP contribution < -0.4 is 5.32 Å². The molecule has 2 rings (SSSR count). The van der Waals surface area contributed by atoms with Crippen LogP contribution >= 0.6 is 11.8 Å². The van der Waals surface area contributed by atoms with Crippen molar-refractivity contribution >= 4 is 11.8 Å². The quantitative estimate of drug-likeness (QED) is 0.918. The molecule has 1 aromatic carbocycles. The maximum Gasteiger partial charge on any atom is 0.195 e. The Bertz CT molecular complexity index is 548. The van der Waals surface area contributed by atoms with Gasteiger partial charge in [-0.2, -0.15) is 0 Å². The van der Waals surface area contributed by atoms with E-state index < -0.39 is 0 Å². The molecular weight excluding hydrogens is 244 g/mol. The van der Waals surface area contributed by atoms with Crippen LogP contribution in [-0.4, -0.2) is 21.8 Å². The van der Waals surface area contributed by atoms with Crippen LogP contribution in [0.4, 0.5) is 0 Å². The number of benzene rings is 1. The van der Waals surface area contributed by atoms with E-state index in [4.69, 9.17) is 0 Å². The molecule has 0 aliphatic carbocycles. The molecule has 0 atom stereocenters. The van der Waals surface area contributed by atoms with Gasteiger partial charge in [-0.05, 0) is 55.9 Å². The average molecular weight is 262 g/mol. The van der Waals surface area contributed by atoms with Crippen molar-refractivity contribution in [2.75, 3.05) is 7.05 Å². The van der Waals surface area contributed by atoms with Crippen LogP contribution in [0.1, 0.15) is 17.0 Å². The van der Waals surface area contributed by atoms with Gasteiger partial charge in [-0.1, -0.05) is 6.07 Å². The second-order valence-corrected chi connectivity index (χ2v) is 5.35. The topological polar surface area (TPSA) is 42.7 Å². The van der Waals surface area contributed by atoms with E-state index in [1.165, 1.54) is 16.0 Å². The molecule has 0 radical (unpaired) electrons. The van der Waals surface area contributed by atoms with Crippen molar-refractivity contribution in [3.8, 4) is 0 Å². The molecule has 5 heteroatoms. The first-order chi connectivity index (χ1) is 8.61. The van der Waals surface area contributed by atoms with E-state index in [0.717, 1.165) is 17.5 Å². The number of nitrogens with one attached hydrogen (secondary N) is 1. The highest BCUT2D eigenvalue weighted by atomic mass is 32.2. The zero-order valence-electron chi connectivity index (χ0n) is 11.2. The maximum atomic E-state index is 4.16. The van der Waals surface area contributed by atoms with Crippen LogP contribution in [-0.2, 0) is 13.6 Å². The molecule has 1 heterocycles. The van der Waals surface area contributed by atoms with Gasteiger partial charge >= 0.3 is 0 Å². The minimum atomic E-state index is 0.903. The maximum absolute atomic E-state index is 4.16. The van der Waals surface area contributed by atoms with Gasteiger partial charge in [0.15, 0.2) is 5.16 Å². The lowest BCUT2D eigenvalue weighted by atomic mass is 10.1. The Hall–Kier alpha value is -1.33. The van der Waals surface area contributed by atoms with Crippen LogP contribution in [0.25, 0.3) is 0 Å². The first-order valence-electron chi connectivity index (χ1n) is 5.90. The summed E-state index contributed by atoms with van der Waals surface area (Å²) in [6, 6.07) is 6.49. The highest BCUT2D eigenvalue weighted by Crippen LogP contribution is 2.27. The van der Waals surface area contributed by atoms with Crippen molar-refractivity contribution in [1.82, 2.24) is 20.1 Å². The van der Waals surface area contributed by atoms with Gasteiger partial charge in [0, 0.05) is 18.5 Å².